The summed E-state index contributed by atoms with van der Waals surface area (Å²) in [5.41, 5.74) is 13.8. The molecule has 2 aromatic heterocycles. The van der Waals surface area contributed by atoms with Crippen molar-refractivity contribution < 1.29 is 8.78 Å². The number of rotatable bonds is 7. The standard InChI is InChI=1S/C28H16F2N8S2/c29-17-5-1-15(2-6-17)23-19(11-31)25(35)37-27(21(23)13-33)39-9-10-40-28-22(14-34)24(20(12-32)26(36)38-28)16-3-7-18(30)8-4-16/h1-8H,9-10H2,(H2,35,37)(H2,36,38). The zero-order valence-electron chi connectivity index (χ0n) is 20.4. The van der Waals surface area contributed by atoms with Crippen molar-refractivity contribution in [3.63, 3.8) is 0 Å². The molecule has 2 aromatic carbocycles. The third kappa shape index (κ3) is 5.50. The second-order valence-electron chi connectivity index (χ2n) is 8.01. The minimum atomic E-state index is -0.467. The van der Waals surface area contributed by atoms with Gasteiger partial charge < -0.3 is 11.5 Å². The quantitative estimate of drug-likeness (QED) is 0.211. The molecule has 0 fully saturated rings. The van der Waals surface area contributed by atoms with Crippen molar-refractivity contribution in [3.05, 3.63) is 82.4 Å². The lowest BCUT2D eigenvalue weighted by atomic mass is 9.97. The van der Waals surface area contributed by atoms with Crippen molar-refractivity contribution in [1.29, 1.82) is 21.0 Å². The Balaban J connectivity index is 1.63. The highest BCUT2D eigenvalue weighted by Crippen LogP contribution is 2.38. The number of nitrogens with zero attached hydrogens (tertiary/aromatic N) is 6. The monoisotopic (exact) mass is 566 g/mol. The lowest BCUT2D eigenvalue weighted by Crippen LogP contribution is -2.05. The average molecular weight is 567 g/mol. The minimum Gasteiger partial charge on any atom is -0.383 e. The van der Waals surface area contributed by atoms with E-state index in [9.17, 15) is 29.8 Å². The molecule has 0 radical (unpaired) electrons. The summed E-state index contributed by atoms with van der Waals surface area (Å²) in [6.45, 7) is 0. The van der Waals surface area contributed by atoms with E-state index in [0.717, 1.165) is 0 Å². The SMILES string of the molecule is N#Cc1c(N)nc(SCCSc2nc(N)c(C#N)c(-c3ccc(F)cc3)c2C#N)c(C#N)c1-c1ccc(F)cc1. The Kier molecular flexibility index (Phi) is 8.47. The molecule has 0 aliphatic carbocycles. The second kappa shape index (κ2) is 12.1. The van der Waals surface area contributed by atoms with Gasteiger partial charge in [0.15, 0.2) is 0 Å². The zero-order valence-corrected chi connectivity index (χ0v) is 22.1. The molecule has 0 aliphatic rings. The van der Waals surface area contributed by atoms with Gasteiger partial charge in [0, 0.05) is 22.6 Å². The Morgan fingerprint density at radius 2 is 0.900 bits per heavy atom. The van der Waals surface area contributed by atoms with Crippen molar-refractivity contribution in [2.75, 3.05) is 23.0 Å². The summed E-state index contributed by atoms with van der Waals surface area (Å²) < 4.78 is 27.0. The molecule has 4 N–H and O–H groups in total. The number of hydrogen-bond acceptors (Lipinski definition) is 10. The number of anilines is 2. The van der Waals surface area contributed by atoms with Crippen LogP contribution in [0.25, 0.3) is 22.3 Å². The smallest absolute Gasteiger partial charge is 0.143 e. The lowest BCUT2D eigenvalue weighted by Gasteiger charge is -2.14. The van der Waals surface area contributed by atoms with Gasteiger partial charge in [0.2, 0.25) is 0 Å². The van der Waals surface area contributed by atoms with Gasteiger partial charge in [-0.05, 0) is 35.4 Å². The highest BCUT2D eigenvalue weighted by molar-refractivity contribution is 8.03. The highest BCUT2D eigenvalue weighted by atomic mass is 32.2. The predicted molar refractivity (Wildman–Crippen MR) is 148 cm³/mol. The summed E-state index contributed by atoms with van der Waals surface area (Å²) in [6, 6.07) is 18.8. The van der Waals surface area contributed by atoms with E-state index in [1.54, 1.807) is 0 Å². The molecular weight excluding hydrogens is 550 g/mol. The van der Waals surface area contributed by atoms with Crippen LogP contribution in [-0.4, -0.2) is 21.5 Å². The number of pyridine rings is 2. The number of aromatic nitrogens is 2. The first-order valence-corrected chi connectivity index (χ1v) is 13.3. The summed E-state index contributed by atoms with van der Waals surface area (Å²) in [6.07, 6.45) is 0. The van der Waals surface area contributed by atoms with Gasteiger partial charge in [-0.25, -0.2) is 18.7 Å². The van der Waals surface area contributed by atoms with Crippen molar-refractivity contribution in [3.8, 4) is 46.5 Å². The van der Waals surface area contributed by atoms with Gasteiger partial charge in [0.1, 0.15) is 68.7 Å². The molecule has 0 atom stereocenters. The fourth-order valence-electron chi connectivity index (χ4n) is 3.89. The fraction of sp³-hybridized carbons (Fsp3) is 0.0714. The molecular formula is C28H16F2N8S2. The molecule has 194 valence electrons. The molecule has 0 saturated carbocycles. The largest absolute Gasteiger partial charge is 0.383 e. The summed E-state index contributed by atoms with van der Waals surface area (Å²) in [7, 11) is 0. The number of nitriles is 4. The molecule has 0 saturated heterocycles. The fourth-order valence-corrected chi connectivity index (χ4v) is 5.86. The molecule has 0 spiro atoms. The Bertz CT molecular complexity index is 1650. The van der Waals surface area contributed by atoms with Gasteiger partial charge in [-0.15, -0.1) is 23.5 Å². The van der Waals surface area contributed by atoms with E-state index in [1.165, 1.54) is 72.1 Å². The van der Waals surface area contributed by atoms with Gasteiger partial charge in [0.05, 0.1) is 11.1 Å². The van der Waals surface area contributed by atoms with Crippen LogP contribution in [0.2, 0.25) is 0 Å². The Hall–Kier alpha value is -5.14. The maximum absolute atomic E-state index is 13.5. The molecule has 40 heavy (non-hydrogen) atoms. The zero-order chi connectivity index (χ0) is 28.8. The van der Waals surface area contributed by atoms with Crippen LogP contribution < -0.4 is 11.5 Å². The van der Waals surface area contributed by atoms with Crippen LogP contribution in [0, 0.1) is 57.0 Å². The Morgan fingerprint density at radius 1 is 0.575 bits per heavy atom. The van der Waals surface area contributed by atoms with Gasteiger partial charge in [-0.2, -0.15) is 21.0 Å². The maximum Gasteiger partial charge on any atom is 0.143 e. The molecule has 8 nitrogen and oxygen atoms in total. The minimum absolute atomic E-state index is 0.0196. The Labute approximate surface area is 236 Å². The number of halogens is 2. The summed E-state index contributed by atoms with van der Waals surface area (Å²) in [4.78, 5) is 8.50. The van der Waals surface area contributed by atoms with E-state index >= 15 is 0 Å². The third-order valence-corrected chi connectivity index (χ3v) is 7.87. The topological polar surface area (TPSA) is 173 Å². The van der Waals surface area contributed by atoms with Crippen molar-refractivity contribution in [1.82, 2.24) is 9.97 Å². The summed E-state index contributed by atoms with van der Waals surface area (Å²) >= 11 is 2.42. The molecule has 12 heteroatoms. The van der Waals surface area contributed by atoms with Crippen LogP contribution >= 0.6 is 23.5 Å². The van der Waals surface area contributed by atoms with Crippen LogP contribution in [0.3, 0.4) is 0 Å². The maximum atomic E-state index is 13.5. The number of benzene rings is 2. The van der Waals surface area contributed by atoms with Crippen molar-refractivity contribution in [2.45, 2.75) is 10.1 Å². The van der Waals surface area contributed by atoms with Crippen LogP contribution in [-0.2, 0) is 0 Å². The molecule has 0 bridgehead atoms. The number of thioether (sulfide) groups is 2. The van der Waals surface area contributed by atoms with E-state index in [0.29, 0.717) is 32.7 Å². The second-order valence-corrected chi connectivity index (χ2v) is 10.2. The highest BCUT2D eigenvalue weighted by Gasteiger charge is 2.22. The predicted octanol–water partition coefficient (Wildman–Crippen LogP) is 5.62. The lowest BCUT2D eigenvalue weighted by molar-refractivity contribution is 0.627. The van der Waals surface area contributed by atoms with Gasteiger partial charge in [-0.3, -0.25) is 0 Å². The Morgan fingerprint density at radius 3 is 1.20 bits per heavy atom. The van der Waals surface area contributed by atoms with Crippen LogP contribution in [0.5, 0.6) is 0 Å². The molecule has 2 heterocycles. The third-order valence-electron chi connectivity index (χ3n) is 5.66. The van der Waals surface area contributed by atoms with Crippen LogP contribution in [0.1, 0.15) is 22.3 Å². The normalized spacial score (nSPS) is 10.2. The van der Waals surface area contributed by atoms with E-state index < -0.39 is 11.6 Å². The van der Waals surface area contributed by atoms with E-state index in [2.05, 4.69) is 22.1 Å². The molecule has 4 aromatic rings. The average Bonchev–Trinajstić information content (AvgIpc) is 2.95. The van der Waals surface area contributed by atoms with Crippen LogP contribution in [0.4, 0.5) is 20.4 Å². The molecule has 0 aliphatic heterocycles. The first-order valence-electron chi connectivity index (χ1n) is 11.4. The summed E-state index contributed by atoms with van der Waals surface area (Å²) in [5, 5.41) is 39.7. The number of hydrogen-bond donors (Lipinski definition) is 2. The van der Waals surface area contributed by atoms with E-state index in [-0.39, 0.29) is 45.0 Å². The number of nitrogens with two attached hydrogens (primary N) is 2. The molecule has 0 amide bonds. The molecule has 0 unspecified atom stereocenters. The van der Waals surface area contributed by atoms with Crippen molar-refractivity contribution in [2.24, 2.45) is 0 Å². The first-order chi connectivity index (χ1) is 19.3. The molecule has 4 rings (SSSR count). The summed E-state index contributed by atoms with van der Waals surface area (Å²) in [5.74, 6) is -0.282. The first kappa shape index (κ1) is 27.9. The number of nitrogen functional groups attached to an aromatic ring is 2. The van der Waals surface area contributed by atoms with E-state index in [4.69, 9.17) is 11.5 Å². The van der Waals surface area contributed by atoms with Gasteiger partial charge in [-0.1, -0.05) is 24.3 Å². The van der Waals surface area contributed by atoms with E-state index in [1.807, 2.05) is 12.1 Å². The van der Waals surface area contributed by atoms with Crippen LogP contribution in [0.15, 0.2) is 58.6 Å². The van der Waals surface area contributed by atoms with Crippen molar-refractivity contribution >= 4 is 35.2 Å². The van der Waals surface area contributed by atoms with Gasteiger partial charge in [0.25, 0.3) is 0 Å². The van der Waals surface area contributed by atoms with Gasteiger partial charge >= 0.3 is 0 Å².